The number of carbonyl (C=O) groups excluding carboxylic acids is 2. The molecule has 0 atom stereocenters. The lowest BCUT2D eigenvalue weighted by Crippen LogP contribution is -2.51. The monoisotopic (exact) mass is 370 g/mol. The molecule has 1 heterocycles. The van der Waals surface area contributed by atoms with Crippen molar-refractivity contribution in [2.75, 3.05) is 26.2 Å². The van der Waals surface area contributed by atoms with Gasteiger partial charge in [-0.2, -0.15) is 0 Å². The molecule has 0 bridgehead atoms. The Morgan fingerprint density at radius 2 is 1.70 bits per heavy atom. The van der Waals surface area contributed by atoms with Crippen LogP contribution in [0.4, 0.5) is 4.79 Å². The maximum Gasteiger partial charge on any atom is 0.410 e. The Balaban J connectivity index is 1.40. The molecule has 5 heteroatoms. The van der Waals surface area contributed by atoms with Crippen molar-refractivity contribution in [1.29, 1.82) is 0 Å². The molecule has 2 amide bonds. The molecule has 0 radical (unpaired) electrons. The van der Waals surface area contributed by atoms with Gasteiger partial charge in [-0.1, -0.05) is 30.3 Å². The zero-order chi connectivity index (χ0) is 19.4. The highest BCUT2D eigenvalue weighted by Crippen LogP contribution is 2.30. The average Bonchev–Trinajstić information content (AvgIpc) is 3.04. The average molecular weight is 370 g/mol. The fourth-order valence-corrected chi connectivity index (χ4v) is 3.64. The van der Waals surface area contributed by atoms with Gasteiger partial charge in [0.2, 0.25) is 5.91 Å². The van der Waals surface area contributed by atoms with Gasteiger partial charge in [0, 0.05) is 32.6 Å². The predicted molar refractivity (Wildman–Crippen MR) is 106 cm³/mol. The van der Waals surface area contributed by atoms with Crippen LogP contribution in [0.5, 0.6) is 0 Å². The first kappa shape index (κ1) is 19.5. The van der Waals surface area contributed by atoms with Crippen molar-refractivity contribution in [2.45, 2.75) is 52.1 Å². The van der Waals surface area contributed by atoms with E-state index in [1.807, 2.05) is 25.7 Å². The number of allylic oxidation sites excluding steroid dienone is 2. The lowest BCUT2D eigenvalue weighted by atomic mass is 10.0. The van der Waals surface area contributed by atoms with E-state index in [0.29, 0.717) is 32.6 Å². The van der Waals surface area contributed by atoms with Gasteiger partial charge in [-0.05, 0) is 56.7 Å². The summed E-state index contributed by atoms with van der Waals surface area (Å²) in [6, 6.07) is 8.50. The summed E-state index contributed by atoms with van der Waals surface area (Å²) in [5.41, 5.74) is 3.61. The van der Waals surface area contributed by atoms with Crippen LogP contribution in [-0.4, -0.2) is 53.6 Å². The molecule has 1 aromatic carbocycles. The molecule has 0 saturated carbocycles. The second kappa shape index (κ2) is 8.15. The second-order valence-corrected chi connectivity index (χ2v) is 8.29. The Kier molecular flexibility index (Phi) is 5.88. The molecule has 5 nitrogen and oxygen atoms in total. The van der Waals surface area contributed by atoms with Gasteiger partial charge < -0.3 is 14.5 Å². The number of piperazine rings is 1. The molecule has 27 heavy (non-hydrogen) atoms. The zero-order valence-electron chi connectivity index (χ0n) is 16.7. The molecule has 146 valence electrons. The molecule has 0 unspecified atom stereocenters. The molecule has 1 aliphatic carbocycles. The van der Waals surface area contributed by atoms with Crippen molar-refractivity contribution in [3.8, 4) is 0 Å². The Morgan fingerprint density at radius 1 is 1.04 bits per heavy atom. The lowest BCUT2D eigenvalue weighted by Gasteiger charge is -2.35. The molecule has 1 aliphatic heterocycles. The van der Waals surface area contributed by atoms with Crippen LogP contribution in [0.25, 0.3) is 5.57 Å². The molecule has 0 spiro atoms. The minimum absolute atomic E-state index is 0.186. The van der Waals surface area contributed by atoms with Crippen molar-refractivity contribution >= 4 is 17.6 Å². The highest BCUT2D eigenvalue weighted by Gasteiger charge is 2.27. The van der Waals surface area contributed by atoms with Crippen LogP contribution in [0.1, 0.15) is 51.2 Å². The van der Waals surface area contributed by atoms with Crippen LogP contribution in [0.2, 0.25) is 0 Å². The molecule has 2 aliphatic rings. The summed E-state index contributed by atoms with van der Waals surface area (Å²) >= 11 is 0. The lowest BCUT2D eigenvalue weighted by molar-refractivity contribution is -0.133. The Hall–Kier alpha value is -2.30. The SMILES string of the molecule is CC(C)(C)OC(=O)N1CCN(C(=O)CCCC2=CCc3ccccc32)CC1. The Morgan fingerprint density at radius 3 is 2.41 bits per heavy atom. The third-order valence-corrected chi connectivity index (χ3v) is 5.05. The number of amides is 2. The van der Waals surface area contributed by atoms with Crippen molar-refractivity contribution in [3.05, 3.63) is 41.5 Å². The van der Waals surface area contributed by atoms with Crippen LogP contribution in [0.15, 0.2) is 30.3 Å². The number of carbonyl (C=O) groups is 2. The first-order valence-corrected chi connectivity index (χ1v) is 9.86. The van der Waals surface area contributed by atoms with E-state index >= 15 is 0 Å². The molecular weight excluding hydrogens is 340 g/mol. The van der Waals surface area contributed by atoms with E-state index in [2.05, 4.69) is 30.3 Å². The summed E-state index contributed by atoms with van der Waals surface area (Å²) in [5, 5.41) is 0. The van der Waals surface area contributed by atoms with E-state index in [4.69, 9.17) is 4.74 Å². The number of nitrogens with zero attached hydrogens (tertiary/aromatic N) is 2. The molecule has 3 rings (SSSR count). The standard InChI is InChI=1S/C22H30N2O3/c1-22(2,3)27-21(26)24-15-13-23(14-16-24)20(25)10-6-8-18-12-11-17-7-4-5-9-19(17)18/h4-5,7,9,12H,6,8,10-11,13-16H2,1-3H3. The summed E-state index contributed by atoms with van der Waals surface area (Å²) in [7, 11) is 0. The summed E-state index contributed by atoms with van der Waals surface area (Å²) in [5.74, 6) is 0.186. The van der Waals surface area contributed by atoms with Gasteiger partial charge in [-0.3, -0.25) is 4.79 Å². The van der Waals surface area contributed by atoms with Gasteiger partial charge in [-0.15, -0.1) is 0 Å². The molecular formula is C22H30N2O3. The van der Waals surface area contributed by atoms with Gasteiger partial charge in [0.05, 0.1) is 0 Å². The number of hydrogen-bond donors (Lipinski definition) is 0. The second-order valence-electron chi connectivity index (χ2n) is 8.29. The van der Waals surface area contributed by atoms with Crippen LogP contribution >= 0.6 is 0 Å². The number of benzene rings is 1. The minimum atomic E-state index is -0.489. The molecule has 1 aromatic rings. The first-order valence-electron chi connectivity index (χ1n) is 9.86. The maximum atomic E-state index is 12.5. The van der Waals surface area contributed by atoms with E-state index in [9.17, 15) is 9.59 Å². The molecule has 1 fully saturated rings. The van der Waals surface area contributed by atoms with Crippen LogP contribution in [-0.2, 0) is 16.0 Å². The zero-order valence-corrected chi connectivity index (χ0v) is 16.7. The summed E-state index contributed by atoms with van der Waals surface area (Å²) in [6.07, 6.45) is 5.38. The van der Waals surface area contributed by atoms with Crippen molar-refractivity contribution < 1.29 is 14.3 Å². The van der Waals surface area contributed by atoms with E-state index in [0.717, 1.165) is 19.3 Å². The van der Waals surface area contributed by atoms with Crippen molar-refractivity contribution in [3.63, 3.8) is 0 Å². The fraction of sp³-hybridized carbons (Fsp3) is 0.545. The third-order valence-electron chi connectivity index (χ3n) is 5.05. The normalized spacial score (nSPS) is 16.8. The third kappa shape index (κ3) is 5.12. The largest absolute Gasteiger partial charge is 0.444 e. The molecule has 0 N–H and O–H groups in total. The minimum Gasteiger partial charge on any atom is -0.444 e. The molecule has 1 saturated heterocycles. The van der Waals surface area contributed by atoms with Crippen molar-refractivity contribution in [1.82, 2.24) is 9.80 Å². The van der Waals surface area contributed by atoms with E-state index in [1.54, 1.807) is 4.90 Å². The summed E-state index contributed by atoms with van der Waals surface area (Å²) in [6.45, 7) is 7.85. The van der Waals surface area contributed by atoms with Gasteiger partial charge in [0.15, 0.2) is 0 Å². The number of ether oxygens (including phenoxy) is 1. The van der Waals surface area contributed by atoms with Gasteiger partial charge in [-0.25, -0.2) is 4.79 Å². The number of rotatable bonds is 4. The van der Waals surface area contributed by atoms with E-state index in [1.165, 1.54) is 16.7 Å². The van der Waals surface area contributed by atoms with E-state index < -0.39 is 5.60 Å². The smallest absolute Gasteiger partial charge is 0.410 e. The first-order chi connectivity index (χ1) is 12.8. The number of hydrogen-bond acceptors (Lipinski definition) is 3. The fourth-order valence-electron chi connectivity index (χ4n) is 3.64. The van der Waals surface area contributed by atoms with Gasteiger partial charge in [0.1, 0.15) is 5.60 Å². The Labute approximate surface area is 162 Å². The Bertz CT molecular complexity index is 725. The van der Waals surface area contributed by atoms with Crippen LogP contribution in [0, 0.1) is 0 Å². The summed E-state index contributed by atoms with van der Waals surface area (Å²) in [4.78, 5) is 28.2. The summed E-state index contributed by atoms with van der Waals surface area (Å²) < 4.78 is 5.40. The van der Waals surface area contributed by atoms with Gasteiger partial charge >= 0.3 is 6.09 Å². The maximum absolute atomic E-state index is 12.5. The quantitative estimate of drug-likeness (QED) is 0.808. The highest BCUT2D eigenvalue weighted by molar-refractivity contribution is 5.78. The van der Waals surface area contributed by atoms with Crippen LogP contribution in [0.3, 0.4) is 0 Å². The number of fused-ring (bicyclic) bond motifs is 1. The highest BCUT2D eigenvalue weighted by atomic mass is 16.6. The van der Waals surface area contributed by atoms with Gasteiger partial charge in [0.25, 0.3) is 0 Å². The topological polar surface area (TPSA) is 49.9 Å². The van der Waals surface area contributed by atoms with E-state index in [-0.39, 0.29) is 12.0 Å². The predicted octanol–water partition coefficient (Wildman–Crippen LogP) is 3.88. The van der Waals surface area contributed by atoms with Crippen molar-refractivity contribution in [2.24, 2.45) is 0 Å². The molecule has 0 aromatic heterocycles. The van der Waals surface area contributed by atoms with Crippen LogP contribution < -0.4 is 0 Å².